The monoisotopic (exact) mass is 697 g/mol. The van der Waals surface area contributed by atoms with Gasteiger partial charge in [-0.15, -0.1) is 12.4 Å². The fourth-order valence-electron chi connectivity index (χ4n) is 7.79. The van der Waals surface area contributed by atoms with Gasteiger partial charge >= 0.3 is 0 Å². The number of aromatic nitrogens is 1. The van der Waals surface area contributed by atoms with E-state index in [1.54, 1.807) is 0 Å². The van der Waals surface area contributed by atoms with Gasteiger partial charge in [-0.2, -0.15) is 0 Å². The number of amides is 5. The molecule has 1 aromatic carbocycles. The summed E-state index contributed by atoms with van der Waals surface area (Å²) in [5.41, 5.74) is 1.03. The molecule has 2 aromatic rings. The number of nitrogens with one attached hydrogen (secondary N) is 5. The Bertz CT molecular complexity index is 1500. The molecule has 0 spiro atoms. The summed E-state index contributed by atoms with van der Waals surface area (Å²) in [4.78, 5) is 74.3. The maximum Gasteiger partial charge on any atom is 0.273 e. The topological polar surface area (TPSA) is 175 Å². The number of carbonyl (C=O) groups is 5. The summed E-state index contributed by atoms with van der Waals surface area (Å²) in [6.45, 7) is 5.48. The maximum absolute atomic E-state index is 14.1. The van der Waals surface area contributed by atoms with Gasteiger partial charge in [0, 0.05) is 37.9 Å². The second-order valence-electron chi connectivity index (χ2n) is 14.0. The van der Waals surface area contributed by atoms with Gasteiger partial charge in [0.1, 0.15) is 30.4 Å². The SMILES string of the molecule is CC(C)[C@@H]1NC(=O)[C@@H](NC(=O)[C@H]2[C@@H]3CNC[C@@H](C3)[C@@H]3CCCC(=O)N32)CCCCNC(=O)c2coc(n2)[C@@H](Cc2ccccc2)NC1=O.Cl. The Morgan fingerprint density at radius 3 is 2.55 bits per heavy atom. The van der Waals surface area contributed by atoms with Crippen LogP contribution in [0.3, 0.4) is 0 Å². The normalized spacial score (nSPS) is 29.5. The van der Waals surface area contributed by atoms with Gasteiger partial charge in [-0.1, -0.05) is 44.2 Å². The lowest BCUT2D eigenvalue weighted by Crippen LogP contribution is -2.69. The van der Waals surface area contributed by atoms with E-state index >= 15 is 0 Å². The van der Waals surface area contributed by atoms with Crippen molar-refractivity contribution in [3.05, 3.63) is 53.7 Å². The van der Waals surface area contributed by atoms with Gasteiger partial charge in [0.05, 0.1) is 0 Å². The zero-order chi connectivity index (χ0) is 33.8. The molecule has 3 saturated heterocycles. The van der Waals surface area contributed by atoms with Gasteiger partial charge < -0.3 is 35.9 Å². The highest BCUT2D eigenvalue weighted by atomic mass is 35.5. The average molecular weight is 698 g/mol. The van der Waals surface area contributed by atoms with Crippen molar-refractivity contribution in [2.45, 2.75) is 95.4 Å². The number of piperidine rings is 3. The van der Waals surface area contributed by atoms with Crippen LogP contribution in [0.2, 0.25) is 0 Å². The highest BCUT2D eigenvalue weighted by molar-refractivity contribution is 5.95. The quantitative estimate of drug-likeness (QED) is 0.316. The van der Waals surface area contributed by atoms with E-state index in [1.807, 2.05) is 49.1 Å². The van der Waals surface area contributed by atoms with Crippen LogP contribution in [-0.4, -0.2) is 83.2 Å². The molecule has 5 amide bonds. The van der Waals surface area contributed by atoms with Crippen LogP contribution in [0, 0.1) is 17.8 Å². The molecule has 4 bridgehead atoms. The number of hydrogen-bond acceptors (Lipinski definition) is 8. The number of rotatable bonds is 5. The first-order chi connectivity index (χ1) is 23.2. The summed E-state index contributed by atoms with van der Waals surface area (Å²) in [7, 11) is 0. The minimum absolute atomic E-state index is 0. The number of halogens is 1. The number of hydrogen-bond donors (Lipinski definition) is 5. The Balaban J connectivity index is 0.00000468. The standard InChI is InChI=1S/C35H47N7O6.ClH/c1-20(2)29-33(46)39-25(15-21-9-4-3-5-10-21)35-40-26(19-48-35)31(44)37-14-7-6-11-24(32(45)41-29)38-34(47)30-23-16-22(17-36-18-23)27-12-8-13-28(43)42(27)30;/h3-5,9-10,19-20,22-25,27,29-30,36H,6-8,11-18H2,1-2H3,(H,37,44)(H,38,47)(H,39,46)(H,41,45);1H/t22-,23+,24+,25-,27+,29+,30-;/m1./s1. The van der Waals surface area contributed by atoms with Crippen LogP contribution in [0.25, 0.3) is 0 Å². The van der Waals surface area contributed by atoms with Crippen molar-refractivity contribution < 1.29 is 28.4 Å². The van der Waals surface area contributed by atoms with Gasteiger partial charge in [0.15, 0.2) is 5.69 Å². The van der Waals surface area contributed by atoms with Crippen molar-refractivity contribution in [3.8, 4) is 0 Å². The molecule has 6 rings (SSSR count). The van der Waals surface area contributed by atoms with E-state index < -0.39 is 41.9 Å². The van der Waals surface area contributed by atoms with Crippen molar-refractivity contribution in [2.24, 2.45) is 17.8 Å². The predicted molar refractivity (Wildman–Crippen MR) is 182 cm³/mol. The third-order valence-electron chi connectivity index (χ3n) is 10.3. The van der Waals surface area contributed by atoms with Gasteiger partial charge in [-0.05, 0) is 62.5 Å². The van der Waals surface area contributed by atoms with Crippen molar-refractivity contribution in [3.63, 3.8) is 0 Å². The molecule has 4 aliphatic rings. The second kappa shape index (κ2) is 16.2. The van der Waals surface area contributed by atoms with Crippen molar-refractivity contribution >= 4 is 41.9 Å². The molecule has 5 N–H and O–H groups in total. The zero-order valence-corrected chi connectivity index (χ0v) is 28.9. The minimum atomic E-state index is -0.936. The number of nitrogens with zero attached hydrogens (tertiary/aromatic N) is 2. The van der Waals surface area contributed by atoms with Gasteiger partial charge in [-0.3, -0.25) is 24.0 Å². The fourth-order valence-corrected chi connectivity index (χ4v) is 7.79. The fraction of sp³-hybridized carbons (Fsp3) is 0.600. The summed E-state index contributed by atoms with van der Waals surface area (Å²) in [5, 5.41) is 15.2. The van der Waals surface area contributed by atoms with E-state index in [0.29, 0.717) is 51.1 Å². The van der Waals surface area contributed by atoms with E-state index in [4.69, 9.17) is 4.42 Å². The Morgan fingerprint density at radius 2 is 1.78 bits per heavy atom. The van der Waals surface area contributed by atoms with Crippen LogP contribution in [0.4, 0.5) is 0 Å². The average Bonchev–Trinajstić information content (AvgIpc) is 3.57. The lowest BCUT2D eigenvalue weighted by molar-refractivity contribution is -0.157. The largest absolute Gasteiger partial charge is 0.446 e. The van der Waals surface area contributed by atoms with E-state index in [1.165, 1.54) is 6.26 Å². The molecule has 0 saturated carbocycles. The molecule has 13 nitrogen and oxygen atoms in total. The predicted octanol–water partition coefficient (Wildman–Crippen LogP) is 2.02. The van der Waals surface area contributed by atoms with E-state index in [9.17, 15) is 24.0 Å². The van der Waals surface area contributed by atoms with Crippen LogP contribution in [0.15, 0.2) is 41.0 Å². The molecule has 1 aromatic heterocycles. The van der Waals surface area contributed by atoms with Gasteiger partial charge in [0.25, 0.3) is 5.91 Å². The third kappa shape index (κ3) is 8.26. The van der Waals surface area contributed by atoms with Crippen LogP contribution in [-0.2, 0) is 25.6 Å². The summed E-state index contributed by atoms with van der Waals surface area (Å²) >= 11 is 0. The summed E-state index contributed by atoms with van der Waals surface area (Å²) in [6.07, 6.45) is 5.96. The number of oxazole rings is 1. The maximum atomic E-state index is 14.1. The van der Waals surface area contributed by atoms with Crippen LogP contribution >= 0.6 is 12.4 Å². The van der Waals surface area contributed by atoms with E-state index in [-0.39, 0.29) is 53.7 Å². The van der Waals surface area contributed by atoms with Crippen LogP contribution < -0.4 is 26.6 Å². The second-order valence-corrected chi connectivity index (χ2v) is 14.0. The van der Waals surface area contributed by atoms with E-state index in [2.05, 4.69) is 31.6 Å². The van der Waals surface area contributed by atoms with Crippen LogP contribution in [0.1, 0.15) is 86.8 Å². The highest BCUT2D eigenvalue weighted by Gasteiger charge is 2.51. The Morgan fingerprint density at radius 1 is 1.00 bits per heavy atom. The molecule has 266 valence electrons. The molecule has 0 unspecified atom stereocenters. The Kier molecular flexibility index (Phi) is 12.0. The summed E-state index contributed by atoms with van der Waals surface area (Å²) in [6, 6.07) is 6.31. The lowest BCUT2D eigenvalue weighted by atomic mass is 9.72. The zero-order valence-electron chi connectivity index (χ0n) is 28.1. The van der Waals surface area contributed by atoms with Crippen molar-refractivity contribution in [1.82, 2.24) is 36.5 Å². The molecule has 5 heterocycles. The minimum Gasteiger partial charge on any atom is -0.446 e. The summed E-state index contributed by atoms with van der Waals surface area (Å²) in [5.74, 6) is -1.48. The molecule has 7 atom stereocenters. The smallest absolute Gasteiger partial charge is 0.273 e. The van der Waals surface area contributed by atoms with Crippen molar-refractivity contribution in [2.75, 3.05) is 19.6 Å². The van der Waals surface area contributed by atoms with Crippen molar-refractivity contribution in [1.29, 1.82) is 0 Å². The first kappa shape index (κ1) is 36.3. The summed E-state index contributed by atoms with van der Waals surface area (Å²) < 4.78 is 5.70. The molecule has 0 radical (unpaired) electrons. The van der Waals surface area contributed by atoms with Crippen LogP contribution in [0.5, 0.6) is 0 Å². The number of fused-ring (bicyclic) bond motifs is 6. The molecular weight excluding hydrogens is 650 g/mol. The van der Waals surface area contributed by atoms with Gasteiger partial charge in [0.2, 0.25) is 29.5 Å². The molecule has 3 fully saturated rings. The number of carbonyl (C=O) groups excluding carboxylic acids is 5. The molecule has 4 aliphatic heterocycles. The lowest BCUT2D eigenvalue weighted by Gasteiger charge is -2.54. The third-order valence-corrected chi connectivity index (χ3v) is 10.3. The molecule has 14 heteroatoms. The van der Waals surface area contributed by atoms with E-state index in [0.717, 1.165) is 31.4 Å². The van der Waals surface area contributed by atoms with Gasteiger partial charge in [-0.25, -0.2) is 4.98 Å². The molecule has 0 aliphatic carbocycles. The highest BCUT2D eigenvalue weighted by Crippen LogP contribution is 2.39. The number of benzene rings is 1. The first-order valence-corrected chi connectivity index (χ1v) is 17.4. The Labute approximate surface area is 292 Å². The molecule has 49 heavy (non-hydrogen) atoms. The molecular formula is C35H48ClN7O6. The Hall–Kier alpha value is -3.97. The first-order valence-electron chi connectivity index (χ1n) is 17.4.